The molecule has 2 heterocycles. The average Bonchev–Trinajstić information content (AvgIpc) is 3.56. The van der Waals surface area contributed by atoms with Crippen LogP contribution < -0.4 is 10.6 Å². The number of aliphatic hydroxyl groups is 2. The second kappa shape index (κ2) is 9.57. The lowest BCUT2D eigenvalue weighted by Gasteiger charge is -2.19. The van der Waals surface area contributed by atoms with Crippen molar-refractivity contribution in [2.24, 2.45) is 0 Å². The molecule has 9 heteroatoms. The highest BCUT2D eigenvalue weighted by atomic mass is 19.1. The number of benzene rings is 2. The van der Waals surface area contributed by atoms with Crippen LogP contribution in [0, 0.1) is 12.7 Å². The van der Waals surface area contributed by atoms with E-state index in [1.807, 2.05) is 25.1 Å². The minimum absolute atomic E-state index is 0.0702. The third kappa shape index (κ3) is 5.33. The van der Waals surface area contributed by atoms with Gasteiger partial charge in [0.15, 0.2) is 5.65 Å². The number of hydrogen-bond acceptors (Lipinski definition) is 6. The lowest BCUT2D eigenvalue weighted by Crippen LogP contribution is -2.29. The van der Waals surface area contributed by atoms with Crippen LogP contribution in [-0.2, 0) is 6.61 Å². The average molecular weight is 504 g/mol. The van der Waals surface area contributed by atoms with Gasteiger partial charge in [0.1, 0.15) is 5.82 Å². The van der Waals surface area contributed by atoms with Crippen LogP contribution in [-0.4, -0.2) is 48.9 Å². The zero-order valence-electron chi connectivity index (χ0n) is 21.0. The molecule has 37 heavy (non-hydrogen) atoms. The standard InChI is InChI=1S/C28H30FN5O3/c1-16-10-18(4-8-21(16)27(36)32-20-6-7-20)25-13-30-26-24(31-15-28(2,3)37)12-23(33-34(25)26)17-5-9-22(29)19(11-17)14-35/h4-5,8-13,20,31,35,37H,6-7,14-15H2,1-3H3,(H,32,36). The summed E-state index contributed by atoms with van der Waals surface area (Å²) in [5.41, 5.74) is 4.59. The predicted octanol–water partition coefficient (Wildman–Crippen LogP) is 4.08. The minimum atomic E-state index is -0.968. The molecule has 0 unspecified atom stereocenters. The molecule has 2 aromatic carbocycles. The van der Waals surface area contributed by atoms with Gasteiger partial charge in [-0.3, -0.25) is 4.79 Å². The highest BCUT2D eigenvalue weighted by Gasteiger charge is 2.25. The van der Waals surface area contributed by atoms with E-state index < -0.39 is 18.0 Å². The van der Waals surface area contributed by atoms with E-state index in [0.717, 1.165) is 24.0 Å². The second-order valence-electron chi connectivity index (χ2n) is 10.2. The van der Waals surface area contributed by atoms with E-state index in [-0.39, 0.29) is 24.1 Å². The van der Waals surface area contributed by atoms with Gasteiger partial charge in [-0.15, -0.1) is 0 Å². The number of aromatic nitrogens is 3. The third-order valence-electron chi connectivity index (χ3n) is 6.37. The molecule has 0 bridgehead atoms. The Bertz CT molecular complexity index is 1490. The van der Waals surface area contributed by atoms with Gasteiger partial charge in [-0.2, -0.15) is 5.10 Å². The van der Waals surface area contributed by atoms with Crippen LogP contribution in [0.3, 0.4) is 0 Å². The van der Waals surface area contributed by atoms with E-state index in [2.05, 4.69) is 15.6 Å². The van der Waals surface area contributed by atoms with Gasteiger partial charge in [0.05, 0.1) is 35.5 Å². The minimum Gasteiger partial charge on any atom is -0.392 e. The number of halogens is 1. The van der Waals surface area contributed by atoms with Gasteiger partial charge in [-0.1, -0.05) is 6.07 Å². The fraction of sp³-hybridized carbons (Fsp3) is 0.321. The topological polar surface area (TPSA) is 112 Å². The molecular weight excluding hydrogens is 473 g/mol. The molecule has 0 saturated heterocycles. The normalized spacial score (nSPS) is 13.7. The molecule has 2 aromatic heterocycles. The number of amides is 1. The smallest absolute Gasteiger partial charge is 0.251 e. The van der Waals surface area contributed by atoms with Crippen molar-refractivity contribution < 1.29 is 19.4 Å². The fourth-order valence-electron chi connectivity index (χ4n) is 4.17. The number of aliphatic hydroxyl groups excluding tert-OH is 1. The molecule has 1 aliphatic rings. The van der Waals surface area contributed by atoms with Gasteiger partial charge in [0, 0.05) is 34.8 Å². The number of nitrogens with one attached hydrogen (secondary N) is 2. The highest BCUT2D eigenvalue weighted by Crippen LogP contribution is 2.30. The zero-order valence-corrected chi connectivity index (χ0v) is 21.0. The van der Waals surface area contributed by atoms with Crippen molar-refractivity contribution in [3.8, 4) is 22.5 Å². The highest BCUT2D eigenvalue weighted by molar-refractivity contribution is 5.96. The summed E-state index contributed by atoms with van der Waals surface area (Å²) in [6.07, 6.45) is 3.76. The van der Waals surface area contributed by atoms with E-state index >= 15 is 0 Å². The molecule has 1 saturated carbocycles. The maximum atomic E-state index is 14.0. The monoisotopic (exact) mass is 503 g/mol. The van der Waals surface area contributed by atoms with Gasteiger partial charge in [0.2, 0.25) is 0 Å². The van der Waals surface area contributed by atoms with Crippen LogP contribution >= 0.6 is 0 Å². The van der Waals surface area contributed by atoms with Crippen molar-refractivity contribution in [3.05, 3.63) is 71.2 Å². The quantitative estimate of drug-likeness (QED) is 0.288. The van der Waals surface area contributed by atoms with E-state index in [1.54, 1.807) is 42.8 Å². The van der Waals surface area contributed by atoms with Gasteiger partial charge >= 0.3 is 0 Å². The van der Waals surface area contributed by atoms with Crippen molar-refractivity contribution in [1.82, 2.24) is 19.9 Å². The molecule has 0 atom stereocenters. The Kier molecular flexibility index (Phi) is 6.43. The lowest BCUT2D eigenvalue weighted by molar-refractivity contribution is 0.0940. The first kappa shape index (κ1) is 24.9. The Labute approximate surface area is 214 Å². The van der Waals surface area contributed by atoms with E-state index in [1.165, 1.54) is 6.07 Å². The van der Waals surface area contributed by atoms with Crippen LogP contribution in [0.15, 0.2) is 48.7 Å². The first-order valence-corrected chi connectivity index (χ1v) is 12.3. The molecule has 1 amide bonds. The second-order valence-corrected chi connectivity index (χ2v) is 10.2. The number of anilines is 1. The summed E-state index contributed by atoms with van der Waals surface area (Å²) in [5.74, 6) is -0.559. The number of hydrogen-bond donors (Lipinski definition) is 4. The van der Waals surface area contributed by atoms with E-state index in [4.69, 9.17) is 5.10 Å². The van der Waals surface area contributed by atoms with Crippen LogP contribution in [0.4, 0.5) is 10.1 Å². The summed E-state index contributed by atoms with van der Waals surface area (Å²) in [6.45, 7) is 5.14. The van der Waals surface area contributed by atoms with Gasteiger partial charge in [-0.25, -0.2) is 13.9 Å². The summed E-state index contributed by atoms with van der Waals surface area (Å²) in [7, 11) is 0. The molecule has 192 valence electrons. The number of rotatable bonds is 8. The molecule has 0 aliphatic heterocycles. The first-order valence-electron chi connectivity index (χ1n) is 12.3. The summed E-state index contributed by atoms with van der Waals surface area (Å²) >= 11 is 0. The maximum absolute atomic E-state index is 14.0. The fourth-order valence-corrected chi connectivity index (χ4v) is 4.17. The summed E-state index contributed by atoms with van der Waals surface area (Å²) in [6, 6.07) is 12.2. The molecule has 4 N–H and O–H groups in total. The van der Waals surface area contributed by atoms with Crippen LogP contribution in [0.1, 0.15) is 48.2 Å². The predicted molar refractivity (Wildman–Crippen MR) is 140 cm³/mol. The maximum Gasteiger partial charge on any atom is 0.251 e. The SMILES string of the molecule is Cc1cc(-c2cnc3c(NCC(C)(C)O)cc(-c4ccc(F)c(CO)c4)nn23)ccc1C(=O)NC1CC1. The van der Waals surface area contributed by atoms with Crippen molar-refractivity contribution in [2.75, 3.05) is 11.9 Å². The zero-order chi connectivity index (χ0) is 26.3. The Morgan fingerprint density at radius 2 is 1.92 bits per heavy atom. The number of aryl methyl sites for hydroxylation is 1. The van der Waals surface area contributed by atoms with Crippen LogP contribution in [0.5, 0.6) is 0 Å². The van der Waals surface area contributed by atoms with E-state index in [0.29, 0.717) is 33.8 Å². The van der Waals surface area contributed by atoms with E-state index in [9.17, 15) is 19.4 Å². The summed E-state index contributed by atoms with van der Waals surface area (Å²) in [5, 5.41) is 30.9. The van der Waals surface area contributed by atoms with Gasteiger partial charge in [0.25, 0.3) is 5.91 Å². The molecule has 8 nitrogen and oxygen atoms in total. The third-order valence-corrected chi connectivity index (χ3v) is 6.37. The number of carbonyl (C=O) groups excluding carboxylic acids is 1. The molecule has 0 spiro atoms. The largest absolute Gasteiger partial charge is 0.392 e. The number of imidazole rings is 1. The molecule has 5 rings (SSSR count). The van der Waals surface area contributed by atoms with Crippen LogP contribution in [0.2, 0.25) is 0 Å². The molecule has 4 aromatic rings. The Morgan fingerprint density at radius 1 is 1.16 bits per heavy atom. The van der Waals surface area contributed by atoms with Gasteiger partial charge in [-0.05, 0) is 75.6 Å². The van der Waals surface area contributed by atoms with Crippen molar-refractivity contribution >= 4 is 17.2 Å². The Hall–Kier alpha value is -3.82. The summed E-state index contributed by atoms with van der Waals surface area (Å²) < 4.78 is 15.7. The van der Waals surface area contributed by atoms with Gasteiger partial charge < -0.3 is 20.8 Å². The molecule has 1 aliphatic carbocycles. The van der Waals surface area contributed by atoms with Crippen molar-refractivity contribution in [3.63, 3.8) is 0 Å². The number of carbonyl (C=O) groups is 1. The summed E-state index contributed by atoms with van der Waals surface area (Å²) in [4.78, 5) is 17.2. The number of fused-ring (bicyclic) bond motifs is 1. The lowest BCUT2D eigenvalue weighted by atomic mass is 10.0. The Morgan fingerprint density at radius 3 is 2.59 bits per heavy atom. The molecule has 0 radical (unpaired) electrons. The number of nitrogens with zero attached hydrogens (tertiary/aromatic N) is 3. The Balaban J connectivity index is 1.60. The van der Waals surface area contributed by atoms with Crippen molar-refractivity contribution in [1.29, 1.82) is 0 Å². The molecule has 1 fully saturated rings. The first-order chi connectivity index (χ1) is 17.6. The van der Waals surface area contributed by atoms with Crippen molar-refractivity contribution in [2.45, 2.75) is 51.9 Å². The van der Waals surface area contributed by atoms with Crippen LogP contribution in [0.25, 0.3) is 28.2 Å². The molecular formula is C28H30FN5O3.